The minimum Gasteiger partial charge on any atom is -0.391 e. The van der Waals surface area contributed by atoms with Crippen LogP contribution in [0.4, 0.5) is 13.2 Å². The molecule has 1 aromatic carbocycles. The number of hydrogen-bond donors (Lipinski definition) is 1. The van der Waals surface area contributed by atoms with Crippen molar-refractivity contribution >= 4 is 5.91 Å². The van der Waals surface area contributed by atoms with Crippen molar-refractivity contribution in [3.8, 4) is 0 Å². The largest absolute Gasteiger partial charge is 0.416 e. The van der Waals surface area contributed by atoms with Gasteiger partial charge in [-0.3, -0.25) is 9.78 Å². The average Bonchev–Trinajstić information content (AvgIpc) is 2.97. The Hall–Kier alpha value is -2.41. The Kier molecular flexibility index (Phi) is 4.76. The van der Waals surface area contributed by atoms with Crippen LogP contribution in [0.2, 0.25) is 0 Å². The molecule has 0 radical (unpaired) electrons. The molecule has 7 heteroatoms. The molecule has 132 valence electrons. The second kappa shape index (κ2) is 6.84. The second-order valence-corrected chi connectivity index (χ2v) is 6.07. The highest BCUT2D eigenvalue weighted by atomic mass is 19.4. The highest BCUT2D eigenvalue weighted by molar-refractivity contribution is 5.79. The monoisotopic (exact) mass is 350 g/mol. The number of benzene rings is 1. The number of halogens is 3. The number of likely N-dealkylation sites (tertiary alicyclic amines) is 1. The van der Waals surface area contributed by atoms with Crippen LogP contribution >= 0.6 is 0 Å². The Bertz CT molecular complexity index is 749. The first-order valence-electron chi connectivity index (χ1n) is 7.89. The van der Waals surface area contributed by atoms with E-state index in [0.717, 1.165) is 6.07 Å². The quantitative estimate of drug-likeness (QED) is 0.926. The second-order valence-electron chi connectivity index (χ2n) is 6.07. The third-order valence-corrected chi connectivity index (χ3v) is 4.30. The van der Waals surface area contributed by atoms with Gasteiger partial charge in [0.2, 0.25) is 5.91 Å². The fourth-order valence-electron chi connectivity index (χ4n) is 3.21. The Labute approximate surface area is 142 Å². The minimum absolute atomic E-state index is 0.0195. The fourth-order valence-corrected chi connectivity index (χ4v) is 3.21. The van der Waals surface area contributed by atoms with Crippen molar-refractivity contribution in [3.05, 3.63) is 65.5 Å². The van der Waals surface area contributed by atoms with Gasteiger partial charge in [0.15, 0.2) is 0 Å². The number of carbonyl (C=O) groups excluding carboxylic acids is 1. The smallest absolute Gasteiger partial charge is 0.391 e. The van der Waals surface area contributed by atoms with Gasteiger partial charge < -0.3 is 10.0 Å². The zero-order chi connectivity index (χ0) is 18.0. The number of carbonyl (C=O) groups is 1. The summed E-state index contributed by atoms with van der Waals surface area (Å²) >= 11 is 0. The van der Waals surface area contributed by atoms with Gasteiger partial charge in [0.25, 0.3) is 0 Å². The van der Waals surface area contributed by atoms with Gasteiger partial charge in [-0.05, 0) is 29.7 Å². The van der Waals surface area contributed by atoms with Crippen LogP contribution in [-0.2, 0) is 17.4 Å². The molecule has 1 fully saturated rings. The third-order valence-electron chi connectivity index (χ3n) is 4.30. The number of β-amino-alcohol motifs (C(OH)–C–C–N with tert-alkyl or cyclic N) is 1. The van der Waals surface area contributed by atoms with E-state index in [9.17, 15) is 23.1 Å². The standard InChI is InChI=1S/C18H17F3N2O2/c19-18(20,21)15-6-2-1-5-14(15)16-9-13(24)11-23(16)17(25)8-12-4-3-7-22-10-12/h1-7,10,13,16,24H,8-9,11H2. The van der Waals surface area contributed by atoms with Gasteiger partial charge in [0.1, 0.15) is 0 Å². The van der Waals surface area contributed by atoms with Crippen molar-refractivity contribution in [1.82, 2.24) is 9.88 Å². The lowest BCUT2D eigenvalue weighted by Gasteiger charge is -2.27. The fraction of sp³-hybridized carbons (Fsp3) is 0.333. The molecular weight excluding hydrogens is 333 g/mol. The summed E-state index contributed by atoms with van der Waals surface area (Å²) in [4.78, 5) is 17.9. The summed E-state index contributed by atoms with van der Waals surface area (Å²) in [5, 5.41) is 9.95. The predicted molar refractivity (Wildman–Crippen MR) is 84.5 cm³/mol. The summed E-state index contributed by atoms with van der Waals surface area (Å²) in [6.45, 7) is 0.0238. The highest BCUT2D eigenvalue weighted by Gasteiger charge is 2.41. The van der Waals surface area contributed by atoms with Crippen LogP contribution in [0.15, 0.2) is 48.8 Å². The molecule has 1 aliphatic heterocycles. The molecule has 2 atom stereocenters. The highest BCUT2D eigenvalue weighted by Crippen LogP contribution is 2.40. The first-order valence-corrected chi connectivity index (χ1v) is 7.89. The van der Waals surface area contributed by atoms with E-state index >= 15 is 0 Å². The molecule has 3 rings (SSSR count). The van der Waals surface area contributed by atoms with Crippen molar-refractivity contribution in [2.75, 3.05) is 6.54 Å². The molecule has 2 heterocycles. The van der Waals surface area contributed by atoms with E-state index in [4.69, 9.17) is 0 Å². The number of pyridine rings is 1. The molecule has 25 heavy (non-hydrogen) atoms. The molecule has 0 bridgehead atoms. The Morgan fingerprint density at radius 1 is 1.24 bits per heavy atom. The Morgan fingerprint density at radius 3 is 2.68 bits per heavy atom. The lowest BCUT2D eigenvalue weighted by molar-refractivity contribution is -0.140. The molecule has 0 saturated carbocycles. The van der Waals surface area contributed by atoms with Gasteiger partial charge in [0, 0.05) is 18.9 Å². The van der Waals surface area contributed by atoms with Crippen molar-refractivity contribution < 1.29 is 23.1 Å². The summed E-state index contributed by atoms with van der Waals surface area (Å²) in [5.74, 6) is -0.327. The van der Waals surface area contributed by atoms with Gasteiger partial charge >= 0.3 is 6.18 Å². The SMILES string of the molecule is O=C(Cc1cccnc1)N1CC(O)CC1c1ccccc1C(F)(F)F. The number of aliphatic hydroxyl groups is 1. The van der Waals surface area contributed by atoms with E-state index in [1.54, 1.807) is 24.5 Å². The summed E-state index contributed by atoms with van der Waals surface area (Å²) in [6, 6.07) is 7.84. The predicted octanol–water partition coefficient (Wildman–Crippen LogP) is 2.98. The summed E-state index contributed by atoms with van der Waals surface area (Å²) in [7, 11) is 0. The van der Waals surface area contributed by atoms with Crippen molar-refractivity contribution in [3.63, 3.8) is 0 Å². The van der Waals surface area contributed by atoms with Crippen molar-refractivity contribution in [2.24, 2.45) is 0 Å². The van der Waals surface area contributed by atoms with Gasteiger partial charge in [0.05, 0.1) is 24.1 Å². The van der Waals surface area contributed by atoms with Crippen LogP contribution in [0.25, 0.3) is 0 Å². The maximum atomic E-state index is 13.3. The molecule has 2 unspecified atom stereocenters. The average molecular weight is 350 g/mol. The number of rotatable bonds is 3. The van der Waals surface area contributed by atoms with Crippen LogP contribution in [0.5, 0.6) is 0 Å². The maximum Gasteiger partial charge on any atom is 0.416 e. The number of alkyl halides is 3. The molecule has 2 aromatic rings. The number of nitrogens with zero attached hydrogens (tertiary/aromatic N) is 2. The number of hydrogen-bond acceptors (Lipinski definition) is 3. The van der Waals surface area contributed by atoms with Gasteiger partial charge in [-0.15, -0.1) is 0 Å². The summed E-state index contributed by atoms with van der Waals surface area (Å²) in [5.41, 5.74) is -0.0730. The molecule has 1 aromatic heterocycles. The topological polar surface area (TPSA) is 53.4 Å². The molecule has 4 nitrogen and oxygen atoms in total. The van der Waals surface area contributed by atoms with E-state index in [0.29, 0.717) is 5.56 Å². The van der Waals surface area contributed by atoms with Gasteiger partial charge in [-0.2, -0.15) is 13.2 Å². The Balaban J connectivity index is 1.89. The van der Waals surface area contributed by atoms with Crippen molar-refractivity contribution in [2.45, 2.75) is 31.2 Å². The molecule has 1 N–H and O–H groups in total. The summed E-state index contributed by atoms with van der Waals surface area (Å²) in [6.07, 6.45) is -2.11. The van der Waals surface area contributed by atoms with Crippen LogP contribution in [0.3, 0.4) is 0 Å². The molecule has 0 aliphatic carbocycles. The third kappa shape index (κ3) is 3.82. The zero-order valence-corrected chi connectivity index (χ0v) is 13.3. The lowest BCUT2D eigenvalue weighted by atomic mass is 9.97. The number of amides is 1. The van der Waals surface area contributed by atoms with Crippen molar-refractivity contribution in [1.29, 1.82) is 0 Å². The first kappa shape index (κ1) is 17.4. The molecule has 1 aliphatic rings. The summed E-state index contributed by atoms with van der Waals surface area (Å²) < 4.78 is 39.9. The maximum absolute atomic E-state index is 13.3. The molecule has 1 saturated heterocycles. The van der Waals surface area contributed by atoms with Crippen LogP contribution in [-0.4, -0.2) is 33.5 Å². The van der Waals surface area contributed by atoms with E-state index < -0.39 is 23.9 Å². The van der Waals surface area contributed by atoms with Crippen LogP contribution in [0.1, 0.15) is 29.2 Å². The lowest BCUT2D eigenvalue weighted by Crippen LogP contribution is -2.33. The normalized spacial score (nSPS) is 20.7. The van der Waals surface area contributed by atoms with E-state index in [-0.39, 0.29) is 30.9 Å². The first-order chi connectivity index (χ1) is 11.9. The van der Waals surface area contributed by atoms with Crippen LogP contribution < -0.4 is 0 Å². The Morgan fingerprint density at radius 2 is 2.00 bits per heavy atom. The van der Waals surface area contributed by atoms with Gasteiger partial charge in [-0.1, -0.05) is 24.3 Å². The van der Waals surface area contributed by atoms with E-state index in [1.165, 1.54) is 23.1 Å². The molecule has 0 spiro atoms. The van der Waals surface area contributed by atoms with Gasteiger partial charge in [-0.25, -0.2) is 0 Å². The number of aromatic nitrogens is 1. The minimum atomic E-state index is -4.51. The van der Waals surface area contributed by atoms with Crippen LogP contribution in [0, 0.1) is 0 Å². The zero-order valence-electron chi connectivity index (χ0n) is 13.3. The number of aliphatic hydroxyl groups excluding tert-OH is 1. The van der Waals surface area contributed by atoms with E-state index in [1.807, 2.05) is 0 Å². The molecule has 1 amide bonds. The molecular formula is C18H17F3N2O2. The van der Waals surface area contributed by atoms with E-state index in [2.05, 4.69) is 4.98 Å².